The molecule has 0 radical (unpaired) electrons. The van der Waals surface area contributed by atoms with E-state index in [2.05, 4.69) is 15.6 Å². The number of H-pyrrole nitrogens is 1. The van der Waals surface area contributed by atoms with Gasteiger partial charge in [-0.2, -0.15) is 0 Å². The van der Waals surface area contributed by atoms with Gasteiger partial charge in [0, 0.05) is 28.7 Å². The molecule has 2 aromatic carbocycles. The molecule has 0 aliphatic carbocycles. The number of carbonyl (C=O) groups is 3. The van der Waals surface area contributed by atoms with E-state index in [1.807, 2.05) is 6.92 Å². The van der Waals surface area contributed by atoms with Gasteiger partial charge in [-0.05, 0) is 48.4 Å². The van der Waals surface area contributed by atoms with Gasteiger partial charge < -0.3 is 21.4 Å². The van der Waals surface area contributed by atoms with Gasteiger partial charge in [0.1, 0.15) is 5.82 Å². The minimum atomic E-state index is -0.620. The van der Waals surface area contributed by atoms with Crippen molar-refractivity contribution < 1.29 is 18.8 Å². The van der Waals surface area contributed by atoms with E-state index in [4.69, 9.17) is 5.73 Å². The van der Waals surface area contributed by atoms with Gasteiger partial charge in [0.15, 0.2) is 0 Å². The summed E-state index contributed by atoms with van der Waals surface area (Å²) in [7, 11) is 0. The monoisotopic (exact) mass is 396 g/mol. The van der Waals surface area contributed by atoms with Crippen LogP contribution in [-0.4, -0.2) is 29.3 Å². The van der Waals surface area contributed by atoms with Gasteiger partial charge in [-0.25, -0.2) is 4.39 Å². The van der Waals surface area contributed by atoms with E-state index < -0.39 is 11.8 Å². The third-order valence-corrected chi connectivity index (χ3v) is 4.55. The zero-order valence-corrected chi connectivity index (χ0v) is 15.8. The number of hydrogen-bond acceptors (Lipinski definition) is 3. The molecule has 29 heavy (non-hydrogen) atoms. The first-order valence-electron chi connectivity index (χ1n) is 9.02. The molecule has 1 aromatic heterocycles. The van der Waals surface area contributed by atoms with Gasteiger partial charge in [-0.1, -0.05) is 12.1 Å². The summed E-state index contributed by atoms with van der Waals surface area (Å²) in [4.78, 5) is 38.1. The molecule has 0 fully saturated rings. The number of primary amides is 1. The van der Waals surface area contributed by atoms with E-state index in [-0.39, 0.29) is 31.2 Å². The highest BCUT2D eigenvalue weighted by molar-refractivity contribution is 5.96. The lowest BCUT2D eigenvalue weighted by Gasteiger charge is -2.07. The smallest absolute Gasteiger partial charge is 0.251 e. The van der Waals surface area contributed by atoms with E-state index in [9.17, 15) is 18.8 Å². The number of hydrogen-bond donors (Lipinski definition) is 4. The molecule has 7 nitrogen and oxygen atoms in total. The Morgan fingerprint density at radius 2 is 1.79 bits per heavy atom. The molecule has 1 heterocycles. The van der Waals surface area contributed by atoms with Crippen molar-refractivity contribution in [1.82, 2.24) is 15.6 Å². The lowest BCUT2D eigenvalue weighted by atomic mass is 10.1. The van der Waals surface area contributed by atoms with Crippen LogP contribution in [0, 0.1) is 12.7 Å². The Balaban J connectivity index is 1.58. The highest BCUT2D eigenvalue weighted by Gasteiger charge is 2.13. The van der Waals surface area contributed by atoms with Crippen LogP contribution < -0.4 is 16.4 Å². The van der Waals surface area contributed by atoms with E-state index in [0.717, 1.165) is 22.3 Å². The first kappa shape index (κ1) is 20.1. The number of carbonyl (C=O) groups excluding carboxylic acids is 3. The molecule has 0 aliphatic heterocycles. The fraction of sp³-hybridized carbons (Fsp3) is 0.190. The van der Waals surface area contributed by atoms with Gasteiger partial charge in [0.05, 0.1) is 13.0 Å². The van der Waals surface area contributed by atoms with Crippen LogP contribution in [0.1, 0.15) is 27.2 Å². The largest absolute Gasteiger partial charge is 0.368 e. The molecule has 0 atom stereocenters. The minimum absolute atomic E-state index is 0.128. The van der Waals surface area contributed by atoms with Crippen molar-refractivity contribution in [3.05, 3.63) is 70.7 Å². The molecule has 3 aromatic rings. The summed E-state index contributed by atoms with van der Waals surface area (Å²) in [6.07, 6.45) is 0.128. The summed E-state index contributed by atoms with van der Waals surface area (Å²) in [6.45, 7) is 1.91. The summed E-state index contributed by atoms with van der Waals surface area (Å²) in [5, 5.41) is 5.93. The zero-order chi connectivity index (χ0) is 21.0. The molecule has 0 spiro atoms. The van der Waals surface area contributed by atoms with Crippen LogP contribution in [0.5, 0.6) is 0 Å². The minimum Gasteiger partial charge on any atom is -0.368 e. The summed E-state index contributed by atoms with van der Waals surface area (Å²) in [6, 6.07) is 11.1. The fourth-order valence-corrected chi connectivity index (χ4v) is 3.05. The first-order chi connectivity index (χ1) is 13.8. The van der Waals surface area contributed by atoms with Crippen LogP contribution in [-0.2, 0) is 22.6 Å². The molecular formula is C21H21FN4O3. The normalized spacial score (nSPS) is 10.7. The maximum atomic E-state index is 13.5. The molecule has 8 heteroatoms. The van der Waals surface area contributed by atoms with Crippen LogP contribution >= 0.6 is 0 Å². The Kier molecular flexibility index (Phi) is 5.92. The molecule has 150 valence electrons. The molecule has 0 unspecified atom stereocenters. The number of fused-ring (bicyclic) bond motifs is 1. The highest BCUT2D eigenvalue weighted by Crippen LogP contribution is 2.23. The molecule has 5 N–H and O–H groups in total. The predicted molar refractivity (Wildman–Crippen MR) is 107 cm³/mol. The van der Waals surface area contributed by atoms with Crippen molar-refractivity contribution in [1.29, 1.82) is 0 Å². The summed E-state index contributed by atoms with van der Waals surface area (Å²) < 4.78 is 13.5. The van der Waals surface area contributed by atoms with Gasteiger partial charge in [-0.15, -0.1) is 0 Å². The SMILES string of the molecule is Cc1[nH]c2ccc(F)cc2c1CC(=O)NCc1ccc(C(=O)NCC(N)=O)cc1. The Morgan fingerprint density at radius 1 is 1.07 bits per heavy atom. The summed E-state index contributed by atoms with van der Waals surface area (Å²) >= 11 is 0. The van der Waals surface area contributed by atoms with Crippen LogP contribution in [0.4, 0.5) is 4.39 Å². The Hall–Kier alpha value is -3.68. The second kappa shape index (κ2) is 8.55. The first-order valence-corrected chi connectivity index (χ1v) is 9.02. The third-order valence-electron chi connectivity index (χ3n) is 4.55. The number of aryl methyl sites for hydroxylation is 1. The van der Waals surface area contributed by atoms with Crippen LogP contribution in [0.25, 0.3) is 10.9 Å². The number of benzene rings is 2. The van der Waals surface area contributed by atoms with Gasteiger partial charge in [-0.3, -0.25) is 14.4 Å². The average Bonchev–Trinajstić information content (AvgIpc) is 2.99. The molecule has 3 amide bonds. The third kappa shape index (κ3) is 4.98. The lowest BCUT2D eigenvalue weighted by molar-refractivity contribution is -0.120. The number of amides is 3. The van der Waals surface area contributed by atoms with Crippen molar-refractivity contribution in [2.45, 2.75) is 19.9 Å². The van der Waals surface area contributed by atoms with Crippen LogP contribution in [0.3, 0.4) is 0 Å². The molecule has 0 saturated carbocycles. The zero-order valence-electron chi connectivity index (χ0n) is 15.8. The average molecular weight is 396 g/mol. The molecular weight excluding hydrogens is 375 g/mol. The fourth-order valence-electron chi connectivity index (χ4n) is 3.05. The number of nitrogens with two attached hydrogens (primary N) is 1. The quantitative estimate of drug-likeness (QED) is 0.487. The van der Waals surface area contributed by atoms with E-state index in [1.165, 1.54) is 12.1 Å². The van der Waals surface area contributed by atoms with Crippen LogP contribution in [0.15, 0.2) is 42.5 Å². The second-order valence-electron chi connectivity index (χ2n) is 6.72. The van der Waals surface area contributed by atoms with Gasteiger partial charge in [0.25, 0.3) is 5.91 Å². The number of halogens is 1. The Bertz CT molecular complexity index is 1070. The van der Waals surface area contributed by atoms with Crippen molar-refractivity contribution in [2.24, 2.45) is 5.73 Å². The van der Waals surface area contributed by atoms with Gasteiger partial charge >= 0.3 is 0 Å². The van der Waals surface area contributed by atoms with E-state index >= 15 is 0 Å². The van der Waals surface area contributed by atoms with Crippen molar-refractivity contribution in [2.75, 3.05) is 6.54 Å². The topological polar surface area (TPSA) is 117 Å². The molecule has 0 saturated heterocycles. The van der Waals surface area contributed by atoms with Crippen LogP contribution in [0.2, 0.25) is 0 Å². The maximum absolute atomic E-state index is 13.5. The molecule has 3 rings (SSSR count). The van der Waals surface area contributed by atoms with E-state index in [1.54, 1.807) is 30.3 Å². The summed E-state index contributed by atoms with van der Waals surface area (Å²) in [5.41, 5.74) is 8.57. The standard InChI is InChI=1S/C21H21FN4O3/c1-12-16(17-8-15(22)6-7-18(17)26-12)9-20(28)24-10-13-2-4-14(5-3-13)21(29)25-11-19(23)27/h2-8,26H,9-11H2,1H3,(H2,23,27)(H,24,28)(H,25,29). The molecule has 0 aliphatic rings. The summed E-state index contributed by atoms with van der Waals surface area (Å²) in [5.74, 6) is -1.56. The predicted octanol–water partition coefficient (Wildman–Crippen LogP) is 1.69. The van der Waals surface area contributed by atoms with Gasteiger partial charge in [0.2, 0.25) is 11.8 Å². The number of nitrogens with one attached hydrogen (secondary N) is 3. The lowest BCUT2D eigenvalue weighted by Crippen LogP contribution is -2.33. The molecule has 0 bridgehead atoms. The second-order valence-corrected chi connectivity index (χ2v) is 6.72. The van der Waals surface area contributed by atoms with E-state index in [0.29, 0.717) is 10.9 Å². The number of aromatic amines is 1. The maximum Gasteiger partial charge on any atom is 0.251 e. The Labute approximate surface area is 166 Å². The van der Waals surface area contributed by atoms with Crippen molar-refractivity contribution >= 4 is 28.6 Å². The number of rotatable bonds is 7. The van der Waals surface area contributed by atoms with Crippen molar-refractivity contribution in [3.8, 4) is 0 Å². The highest BCUT2D eigenvalue weighted by atomic mass is 19.1. The Morgan fingerprint density at radius 3 is 2.48 bits per heavy atom. The number of aromatic nitrogens is 1. The van der Waals surface area contributed by atoms with Crippen molar-refractivity contribution in [3.63, 3.8) is 0 Å².